The fraction of sp³-hybridized carbons (Fsp3) is 0.400. The lowest BCUT2D eigenvalue weighted by molar-refractivity contribution is 0.0646. The Hall–Kier alpha value is -0.0600. The van der Waals surface area contributed by atoms with Crippen LogP contribution in [0.1, 0.15) is 5.56 Å². The molecule has 0 saturated carbocycles. The minimum atomic E-state index is -0.228. The Morgan fingerprint density at radius 1 is 1.50 bits per heavy atom. The van der Waals surface area contributed by atoms with Gasteiger partial charge in [-0.2, -0.15) is 11.8 Å². The van der Waals surface area contributed by atoms with E-state index in [4.69, 9.17) is 4.74 Å². The van der Waals surface area contributed by atoms with Crippen molar-refractivity contribution in [3.63, 3.8) is 0 Å². The number of halogens is 2. The van der Waals surface area contributed by atoms with Crippen LogP contribution in [0.25, 0.3) is 0 Å². The maximum absolute atomic E-state index is 13.1. The molecule has 0 atom stereocenters. The van der Waals surface area contributed by atoms with Gasteiger partial charge >= 0.3 is 0 Å². The Bertz CT molecular complexity index is 328. The van der Waals surface area contributed by atoms with Crippen molar-refractivity contribution in [1.82, 2.24) is 0 Å². The van der Waals surface area contributed by atoms with E-state index in [1.54, 1.807) is 6.07 Å². The van der Waals surface area contributed by atoms with Crippen LogP contribution in [-0.4, -0.2) is 17.6 Å². The zero-order chi connectivity index (χ0) is 9.97. The van der Waals surface area contributed by atoms with Crippen LogP contribution in [0.4, 0.5) is 4.39 Å². The molecule has 0 radical (unpaired) electrons. The second-order valence-electron chi connectivity index (χ2n) is 3.22. The summed E-state index contributed by atoms with van der Waals surface area (Å²) in [4.78, 5) is 0. The fourth-order valence-corrected chi connectivity index (χ4v) is 2.02. The lowest BCUT2D eigenvalue weighted by Crippen LogP contribution is -2.27. The van der Waals surface area contributed by atoms with E-state index in [9.17, 15) is 4.39 Å². The van der Waals surface area contributed by atoms with Gasteiger partial charge < -0.3 is 4.74 Å². The van der Waals surface area contributed by atoms with Crippen LogP contribution in [0.5, 0.6) is 0 Å². The molecule has 0 bridgehead atoms. The lowest BCUT2D eigenvalue weighted by atomic mass is 10.2. The molecule has 1 aliphatic heterocycles. The van der Waals surface area contributed by atoms with E-state index in [1.165, 1.54) is 6.07 Å². The third-order valence-corrected chi connectivity index (χ3v) is 3.94. The van der Waals surface area contributed by atoms with Gasteiger partial charge in [-0.3, -0.25) is 0 Å². The second-order valence-corrected chi connectivity index (χ2v) is 5.15. The highest BCUT2D eigenvalue weighted by atomic mass is 79.9. The topological polar surface area (TPSA) is 9.23 Å². The molecular formula is C10H10BrFOS. The summed E-state index contributed by atoms with van der Waals surface area (Å²) in [5.41, 5.74) is 0.891. The van der Waals surface area contributed by atoms with Gasteiger partial charge in [0.25, 0.3) is 0 Å². The smallest absolute Gasteiger partial charge is 0.137 e. The fourth-order valence-electron chi connectivity index (χ4n) is 1.15. The van der Waals surface area contributed by atoms with Crippen LogP contribution in [0.15, 0.2) is 22.7 Å². The molecule has 0 amide bonds. The second kappa shape index (κ2) is 4.64. The molecule has 0 spiro atoms. The van der Waals surface area contributed by atoms with Gasteiger partial charge in [0.05, 0.1) is 17.2 Å². The summed E-state index contributed by atoms with van der Waals surface area (Å²) < 4.78 is 19.1. The predicted octanol–water partition coefficient (Wildman–Crippen LogP) is 3.22. The monoisotopic (exact) mass is 276 g/mol. The molecule has 1 aromatic rings. The molecule has 1 nitrogen and oxygen atoms in total. The average molecular weight is 277 g/mol. The molecule has 0 unspecified atom stereocenters. The SMILES string of the molecule is Fc1cc(COC2CSC2)ccc1Br. The molecule has 0 N–H and O–H groups in total. The van der Waals surface area contributed by atoms with Gasteiger partial charge in [-0.25, -0.2) is 4.39 Å². The van der Waals surface area contributed by atoms with Gasteiger partial charge in [-0.15, -0.1) is 0 Å². The van der Waals surface area contributed by atoms with Crippen molar-refractivity contribution in [2.45, 2.75) is 12.7 Å². The quantitative estimate of drug-likeness (QED) is 0.839. The van der Waals surface area contributed by atoms with Crippen molar-refractivity contribution in [2.75, 3.05) is 11.5 Å². The Balaban J connectivity index is 1.91. The van der Waals surface area contributed by atoms with Gasteiger partial charge in [-0.1, -0.05) is 6.07 Å². The van der Waals surface area contributed by atoms with Crippen molar-refractivity contribution >= 4 is 27.7 Å². The van der Waals surface area contributed by atoms with Crippen LogP contribution >= 0.6 is 27.7 Å². The van der Waals surface area contributed by atoms with Crippen LogP contribution in [-0.2, 0) is 11.3 Å². The molecule has 4 heteroatoms. The predicted molar refractivity (Wildman–Crippen MR) is 60.0 cm³/mol. The summed E-state index contributed by atoms with van der Waals surface area (Å²) >= 11 is 4.99. The Labute approximate surface area is 95.2 Å². The molecule has 1 fully saturated rings. The lowest BCUT2D eigenvalue weighted by Gasteiger charge is -2.24. The molecule has 1 aromatic carbocycles. The Morgan fingerprint density at radius 2 is 2.29 bits per heavy atom. The molecule has 14 heavy (non-hydrogen) atoms. The van der Waals surface area contributed by atoms with Gasteiger partial charge in [0, 0.05) is 11.5 Å². The standard InChI is InChI=1S/C10H10BrFOS/c11-9-2-1-7(3-10(9)12)4-13-8-5-14-6-8/h1-3,8H,4-6H2. The molecular weight excluding hydrogens is 267 g/mol. The average Bonchev–Trinajstić information content (AvgIpc) is 2.08. The number of hydrogen-bond donors (Lipinski definition) is 0. The van der Waals surface area contributed by atoms with Crippen LogP contribution in [0.3, 0.4) is 0 Å². The van der Waals surface area contributed by atoms with Crippen molar-refractivity contribution < 1.29 is 9.13 Å². The highest BCUT2D eigenvalue weighted by molar-refractivity contribution is 9.10. The number of ether oxygens (including phenoxy) is 1. The van der Waals surface area contributed by atoms with Gasteiger partial charge in [0.1, 0.15) is 5.82 Å². The molecule has 76 valence electrons. The van der Waals surface area contributed by atoms with Crippen LogP contribution in [0, 0.1) is 5.82 Å². The minimum absolute atomic E-state index is 0.228. The molecule has 2 rings (SSSR count). The van der Waals surface area contributed by atoms with Gasteiger partial charge in [0.2, 0.25) is 0 Å². The van der Waals surface area contributed by atoms with Crippen LogP contribution in [0.2, 0.25) is 0 Å². The molecule has 1 saturated heterocycles. The molecule has 1 heterocycles. The number of thioether (sulfide) groups is 1. The van der Waals surface area contributed by atoms with E-state index in [0.717, 1.165) is 17.1 Å². The number of rotatable bonds is 3. The summed E-state index contributed by atoms with van der Waals surface area (Å²) in [6, 6.07) is 5.10. The Kier molecular flexibility index (Phi) is 3.47. The van der Waals surface area contributed by atoms with Crippen molar-refractivity contribution in [2.24, 2.45) is 0 Å². The summed E-state index contributed by atoms with van der Waals surface area (Å²) in [5.74, 6) is 1.91. The van der Waals surface area contributed by atoms with E-state index in [2.05, 4.69) is 15.9 Å². The maximum atomic E-state index is 13.1. The van der Waals surface area contributed by atoms with E-state index in [1.807, 2.05) is 17.8 Å². The summed E-state index contributed by atoms with van der Waals surface area (Å²) in [7, 11) is 0. The van der Waals surface area contributed by atoms with Gasteiger partial charge in [0.15, 0.2) is 0 Å². The highest BCUT2D eigenvalue weighted by Gasteiger charge is 2.18. The van der Waals surface area contributed by atoms with E-state index < -0.39 is 0 Å². The third-order valence-electron chi connectivity index (χ3n) is 2.08. The van der Waals surface area contributed by atoms with Crippen LogP contribution < -0.4 is 0 Å². The van der Waals surface area contributed by atoms with Crippen molar-refractivity contribution in [3.05, 3.63) is 34.1 Å². The van der Waals surface area contributed by atoms with E-state index in [0.29, 0.717) is 17.2 Å². The molecule has 1 aliphatic rings. The maximum Gasteiger partial charge on any atom is 0.137 e. The normalized spacial score (nSPS) is 16.7. The summed E-state index contributed by atoms with van der Waals surface area (Å²) in [6.45, 7) is 0.509. The first kappa shape index (κ1) is 10.5. The zero-order valence-electron chi connectivity index (χ0n) is 7.50. The molecule has 0 aromatic heterocycles. The molecule has 0 aliphatic carbocycles. The van der Waals surface area contributed by atoms with Gasteiger partial charge in [-0.05, 0) is 33.6 Å². The minimum Gasteiger partial charge on any atom is -0.372 e. The van der Waals surface area contributed by atoms with Crippen molar-refractivity contribution in [1.29, 1.82) is 0 Å². The highest BCUT2D eigenvalue weighted by Crippen LogP contribution is 2.22. The first-order chi connectivity index (χ1) is 6.75. The first-order valence-electron chi connectivity index (χ1n) is 4.39. The third kappa shape index (κ3) is 2.49. The first-order valence-corrected chi connectivity index (χ1v) is 6.34. The van der Waals surface area contributed by atoms with E-state index >= 15 is 0 Å². The Morgan fingerprint density at radius 3 is 2.86 bits per heavy atom. The number of benzene rings is 1. The summed E-state index contributed by atoms with van der Waals surface area (Å²) in [5, 5.41) is 0. The van der Waals surface area contributed by atoms with Crippen molar-refractivity contribution in [3.8, 4) is 0 Å². The largest absolute Gasteiger partial charge is 0.372 e. The zero-order valence-corrected chi connectivity index (χ0v) is 9.91. The number of hydrogen-bond acceptors (Lipinski definition) is 2. The summed E-state index contributed by atoms with van der Waals surface area (Å²) in [6.07, 6.45) is 0.367. The van der Waals surface area contributed by atoms with E-state index in [-0.39, 0.29) is 5.82 Å².